The highest BCUT2D eigenvalue weighted by molar-refractivity contribution is 7.98. The number of sulfonamides is 1. The molecule has 2 aliphatic carbocycles. The van der Waals surface area contributed by atoms with Gasteiger partial charge in [-0.1, -0.05) is 0 Å². The Balaban J connectivity index is 1.26. The van der Waals surface area contributed by atoms with Crippen LogP contribution in [0.3, 0.4) is 0 Å². The first kappa shape index (κ1) is 26.8. The first-order valence-corrected chi connectivity index (χ1v) is 16.9. The summed E-state index contributed by atoms with van der Waals surface area (Å²) in [4.78, 5) is 19.6. The fourth-order valence-electron chi connectivity index (χ4n) is 6.24. The van der Waals surface area contributed by atoms with E-state index in [1.54, 1.807) is 30.0 Å². The van der Waals surface area contributed by atoms with Crippen molar-refractivity contribution in [3.05, 3.63) is 42.0 Å². The number of aliphatic hydroxyl groups excluding tert-OH is 1. The number of benzene rings is 2. The Labute approximate surface area is 235 Å². The Kier molecular flexibility index (Phi) is 7.00. The van der Waals surface area contributed by atoms with Crippen LogP contribution >= 0.6 is 11.8 Å². The highest BCUT2D eigenvalue weighted by Crippen LogP contribution is 2.55. The summed E-state index contributed by atoms with van der Waals surface area (Å²) < 4.78 is 27.2. The van der Waals surface area contributed by atoms with Crippen LogP contribution in [-0.2, 0) is 10.0 Å². The third-order valence-electron chi connectivity index (χ3n) is 9.17. The number of carbonyl (C=O) groups excluding carboxylic acids is 1. The summed E-state index contributed by atoms with van der Waals surface area (Å²) in [6.45, 7) is 3.38. The van der Waals surface area contributed by atoms with Gasteiger partial charge in [0.05, 0.1) is 35.0 Å². The molecule has 210 valence electrons. The van der Waals surface area contributed by atoms with Gasteiger partial charge in [-0.15, -0.1) is 11.8 Å². The highest BCUT2D eigenvalue weighted by atomic mass is 32.2. The zero-order chi connectivity index (χ0) is 27.3. The zero-order valence-corrected chi connectivity index (χ0v) is 24.2. The number of thioether (sulfide) groups is 1. The normalized spacial score (nSPS) is 20.9. The number of hydrogen-bond donors (Lipinski definition) is 3. The van der Waals surface area contributed by atoms with E-state index in [4.69, 9.17) is 5.11 Å². The highest BCUT2D eigenvalue weighted by Gasteiger charge is 2.48. The molecule has 6 rings (SSSR count). The maximum atomic E-state index is 13.7. The zero-order valence-electron chi connectivity index (χ0n) is 22.5. The van der Waals surface area contributed by atoms with Crippen molar-refractivity contribution in [2.45, 2.75) is 49.8 Å². The van der Waals surface area contributed by atoms with Crippen molar-refractivity contribution < 1.29 is 18.3 Å². The average Bonchev–Trinajstić information content (AvgIpc) is 3.81. The van der Waals surface area contributed by atoms with Crippen LogP contribution in [0.15, 0.2) is 41.3 Å². The van der Waals surface area contributed by atoms with Crippen LogP contribution in [0.1, 0.15) is 55.3 Å². The van der Waals surface area contributed by atoms with E-state index in [0.717, 1.165) is 50.4 Å². The van der Waals surface area contributed by atoms with E-state index in [9.17, 15) is 13.2 Å². The first-order valence-electron chi connectivity index (χ1n) is 14.0. The van der Waals surface area contributed by atoms with Crippen molar-refractivity contribution in [1.82, 2.24) is 0 Å². The molecule has 0 aromatic heterocycles. The van der Waals surface area contributed by atoms with Crippen LogP contribution < -0.4 is 19.8 Å². The molecular formula is C29H38N4O4S2. The van der Waals surface area contributed by atoms with Crippen molar-refractivity contribution in [2.24, 2.45) is 10.8 Å². The molecule has 8 nitrogen and oxygen atoms in total. The predicted octanol–water partition coefficient (Wildman–Crippen LogP) is 4.77. The minimum absolute atomic E-state index is 0.204. The maximum Gasteiger partial charge on any atom is 0.257 e. The summed E-state index contributed by atoms with van der Waals surface area (Å²) in [6.07, 6.45) is 10.7. The molecule has 4 fully saturated rings. The third-order valence-corrected chi connectivity index (χ3v) is 11.2. The maximum absolute atomic E-state index is 13.7. The van der Waals surface area contributed by atoms with Gasteiger partial charge in [0.2, 0.25) is 10.0 Å². The lowest BCUT2D eigenvalue weighted by Crippen LogP contribution is -2.35. The van der Waals surface area contributed by atoms with Crippen molar-refractivity contribution in [2.75, 3.05) is 64.6 Å². The number of rotatable bonds is 9. The van der Waals surface area contributed by atoms with E-state index in [-0.39, 0.29) is 11.7 Å². The second-order valence-corrected chi connectivity index (χ2v) is 14.6. The Morgan fingerprint density at radius 3 is 2.18 bits per heavy atom. The largest absolute Gasteiger partial charge is 0.395 e. The molecule has 10 heteroatoms. The topological polar surface area (TPSA) is 102 Å². The smallest absolute Gasteiger partial charge is 0.257 e. The number of anilines is 4. The molecule has 0 bridgehead atoms. The Bertz CT molecular complexity index is 1360. The van der Waals surface area contributed by atoms with Gasteiger partial charge in [-0.2, -0.15) is 0 Å². The van der Waals surface area contributed by atoms with Crippen LogP contribution in [0.2, 0.25) is 0 Å². The van der Waals surface area contributed by atoms with Gasteiger partial charge >= 0.3 is 0 Å². The first-order chi connectivity index (χ1) is 18.7. The Hall–Kier alpha value is -2.43. The summed E-state index contributed by atoms with van der Waals surface area (Å²) >= 11 is 1.73. The fraction of sp³-hybridized carbons (Fsp3) is 0.552. The molecule has 1 amide bonds. The van der Waals surface area contributed by atoms with Crippen molar-refractivity contribution >= 4 is 50.4 Å². The molecule has 0 atom stereocenters. The summed E-state index contributed by atoms with van der Waals surface area (Å²) in [6, 6.07) is 11.2. The summed E-state index contributed by atoms with van der Waals surface area (Å²) in [5.41, 5.74) is 4.60. The van der Waals surface area contributed by atoms with E-state index in [0.29, 0.717) is 22.1 Å². The number of piperidine rings is 1. The number of hydrogen-bond acceptors (Lipinski definition) is 7. The summed E-state index contributed by atoms with van der Waals surface area (Å²) in [5, 5.41) is 12.2. The standard InChI is InChI=1S/C29H38N4O4S2/c1-38-26-5-3-21(18-25(26)33-15-12-29(20-33)8-9-29)30-27(35)23-4-2-22(31-39(36,37)17-16-34)19-24(23)32-13-10-28(6-7-28)11-14-32/h2-5,18-19,31,34H,6-17,20H2,1H3,(H,30,35). The van der Waals surface area contributed by atoms with Gasteiger partial charge in [0.25, 0.3) is 5.91 Å². The minimum atomic E-state index is -3.67. The van der Waals surface area contributed by atoms with Gasteiger partial charge in [-0.3, -0.25) is 9.52 Å². The molecule has 2 saturated heterocycles. The lowest BCUT2D eigenvalue weighted by molar-refractivity contribution is 0.102. The summed E-state index contributed by atoms with van der Waals surface area (Å²) in [5.74, 6) is -0.576. The van der Waals surface area contributed by atoms with E-state index < -0.39 is 16.6 Å². The molecule has 2 aromatic carbocycles. The number of carbonyl (C=O) groups is 1. The quantitative estimate of drug-likeness (QED) is 0.374. The lowest BCUT2D eigenvalue weighted by Gasteiger charge is -2.35. The van der Waals surface area contributed by atoms with Crippen molar-refractivity contribution in [1.29, 1.82) is 0 Å². The minimum Gasteiger partial charge on any atom is -0.395 e. The number of nitrogens with one attached hydrogen (secondary N) is 2. The lowest BCUT2D eigenvalue weighted by atomic mass is 9.93. The molecule has 0 unspecified atom stereocenters. The van der Waals surface area contributed by atoms with E-state index >= 15 is 0 Å². The van der Waals surface area contributed by atoms with Crippen LogP contribution in [0, 0.1) is 10.8 Å². The molecule has 39 heavy (non-hydrogen) atoms. The van der Waals surface area contributed by atoms with Gasteiger partial charge in [-0.05, 0) is 98.4 Å². The predicted molar refractivity (Wildman–Crippen MR) is 159 cm³/mol. The molecule has 2 aliphatic heterocycles. The van der Waals surface area contributed by atoms with Gasteiger partial charge in [0.15, 0.2) is 0 Å². The Morgan fingerprint density at radius 2 is 1.54 bits per heavy atom. The van der Waals surface area contributed by atoms with Crippen LogP contribution in [0.4, 0.5) is 22.7 Å². The van der Waals surface area contributed by atoms with Crippen molar-refractivity contribution in [3.8, 4) is 0 Å². The molecule has 0 radical (unpaired) electrons. The van der Waals surface area contributed by atoms with E-state index in [1.165, 1.54) is 42.7 Å². The number of aliphatic hydroxyl groups is 1. The number of nitrogens with zero attached hydrogens (tertiary/aromatic N) is 2. The van der Waals surface area contributed by atoms with Crippen LogP contribution in [0.25, 0.3) is 0 Å². The van der Waals surface area contributed by atoms with Crippen LogP contribution in [-0.4, -0.2) is 64.2 Å². The number of amides is 1. The van der Waals surface area contributed by atoms with E-state index in [1.807, 2.05) is 6.07 Å². The molecule has 2 heterocycles. The second kappa shape index (κ2) is 10.2. The van der Waals surface area contributed by atoms with Crippen molar-refractivity contribution in [3.63, 3.8) is 0 Å². The molecule has 2 aromatic rings. The molecule has 2 saturated carbocycles. The van der Waals surface area contributed by atoms with E-state index in [2.05, 4.69) is 38.2 Å². The second-order valence-electron chi connectivity index (χ2n) is 11.9. The molecule has 2 spiro atoms. The molecule has 4 aliphatic rings. The Morgan fingerprint density at radius 1 is 0.897 bits per heavy atom. The van der Waals surface area contributed by atoms with Crippen LogP contribution in [0.5, 0.6) is 0 Å². The van der Waals surface area contributed by atoms with Gasteiger partial charge < -0.3 is 20.2 Å². The van der Waals surface area contributed by atoms with Gasteiger partial charge in [0.1, 0.15) is 0 Å². The van der Waals surface area contributed by atoms with Gasteiger partial charge in [0, 0.05) is 36.8 Å². The monoisotopic (exact) mass is 570 g/mol. The summed E-state index contributed by atoms with van der Waals surface area (Å²) in [7, 11) is -3.67. The molecule has 3 N–H and O–H groups in total. The average molecular weight is 571 g/mol. The van der Waals surface area contributed by atoms with Gasteiger partial charge in [-0.25, -0.2) is 8.42 Å². The molecular weight excluding hydrogens is 532 g/mol. The fourth-order valence-corrected chi connectivity index (χ4v) is 7.67. The third kappa shape index (κ3) is 5.74. The SMILES string of the molecule is CSc1ccc(NC(=O)c2ccc(NS(=O)(=O)CCO)cc2N2CCC3(CC2)CC3)cc1N1CCC2(CC2)C1.